The van der Waals surface area contributed by atoms with Gasteiger partial charge >= 0.3 is 0 Å². The molecular formula is C10H11N3OS2. The number of aryl methyl sites for hydroxylation is 1. The van der Waals surface area contributed by atoms with Gasteiger partial charge in [-0.05, 0) is 6.07 Å². The number of aromatic nitrogens is 2. The van der Waals surface area contributed by atoms with E-state index in [1.54, 1.807) is 46.1 Å². The van der Waals surface area contributed by atoms with Crippen molar-refractivity contribution in [3.05, 3.63) is 40.3 Å². The van der Waals surface area contributed by atoms with Crippen LogP contribution in [0.5, 0.6) is 0 Å². The highest BCUT2D eigenvalue weighted by molar-refractivity contribution is 8.00. The maximum absolute atomic E-state index is 11.4. The lowest BCUT2D eigenvalue weighted by Gasteiger charge is -2.04. The number of nitrogens with zero attached hydrogens (tertiary/aromatic N) is 2. The van der Waals surface area contributed by atoms with Crippen LogP contribution in [0.4, 0.5) is 5.69 Å². The van der Waals surface area contributed by atoms with E-state index in [1.807, 2.05) is 5.38 Å². The maximum Gasteiger partial charge on any atom is 0.250 e. The lowest BCUT2D eigenvalue weighted by molar-refractivity contribution is 0.737. The van der Waals surface area contributed by atoms with Crippen molar-refractivity contribution < 1.29 is 0 Å². The van der Waals surface area contributed by atoms with E-state index in [-0.39, 0.29) is 5.56 Å². The zero-order valence-corrected chi connectivity index (χ0v) is 10.1. The van der Waals surface area contributed by atoms with Crippen LogP contribution >= 0.6 is 23.1 Å². The van der Waals surface area contributed by atoms with Gasteiger partial charge in [-0.25, -0.2) is 4.98 Å². The Bertz CT molecular complexity index is 507. The van der Waals surface area contributed by atoms with Crippen molar-refractivity contribution in [2.45, 2.75) is 10.9 Å². The molecule has 16 heavy (non-hydrogen) atoms. The van der Waals surface area contributed by atoms with Gasteiger partial charge in [0.25, 0.3) is 5.56 Å². The molecule has 0 radical (unpaired) electrons. The third-order valence-electron chi connectivity index (χ3n) is 1.97. The first-order valence-corrected chi connectivity index (χ1v) is 6.60. The summed E-state index contributed by atoms with van der Waals surface area (Å²) in [4.78, 5) is 15.6. The third kappa shape index (κ3) is 2.86. The number of thiazole rings is 1. The Morgan fingerprint density at radius 2 is 2.38 bits per heavy atom. The fourth-order valence-corrected chi connectivity index (χ4v) is 2.88. The third-order valence-corrected chi connectivity index (χ3v) is 3.92. The minimum atomic E-state index is -0.0195. The Morgan fingerprint density at radius 1 is 1.50 bits per heavy atom. The monoisotopic (exact) mass is 253 g/mol. The van der Waals surface area contributed by atoms with Crippen molar-refractivity contribution in [1.82, 2.24) is 9.55 Å². The highest BCUT2D eigenvalue weighted by Gasteiger charge is 1.99. The van der Waals surface area contributed by atoms with Gasteiger partial charge in [-0.1, -0.05) is 11.8 Å². The Kier molecular flexibility index (Phi) is 3.63. The van der Waals surface area contributed by atoms with Crippen molar-refractivity contribution in [2.75, 3.05) is 11.5 Å². The van der Waals surface area contributed by atoms with Crippen LogP contribution in [0.1, 0.15) is 0 Å². The van der Waals surface area contributed by atoms with Gasteiger partial charge in [0.05, 0.1) is 0 Å². The molecule has 0 aromatic carbocycles. The largest absolute Gasteiger partial charge is 0.398 e. The van der Waals surface area contributed by atoms with Gasteiger partial charge in [-0.3, -0.25) is 4.79 Å². The standard InChI is InChI=1S/C10H11N3OS2/c11-8-1-2-9(14)13(7-8)4-6-16-10-12-3-5-15-10/h1-3,5,7H,4,6,11H2. The van der Waals surface area contributed by atoms with Gasteiger partial charge in [-0.15, -0.1) is 11.3 Å². The minimum Gasteiger partial charge on any atom is -0.398 e. The lowest BCUT2D eigenvalue weighted by atomic mass is 10.4. The van der Waals surface area contributed by atoms with E-state index in [9.17, 15) is 4.79 Å². The predicted molar refractivity (Wildman–Crippen MR) is 68.0 cm³/mol. The van der Waals surface area contributed by atoms with Crippen molar-refractivity contribution >= 4 is 28.8 Å². The Morgan fingerprint density at radius 3 is 3.12 bits per heavy atom. The summed E-state index contributed by atoms with van der Waals surface area (Å²) in [6.45, 7) is 0.647. The summed E-state index contributed by atoms with van der Waals surface area (Å²) in [5, 5.41) is 1.94. The number of thioether (sulfide) groups is 1. The van der Waals surface area contributed by atoms with Gasteiger partial charge in [0.2, 0.25) is 0 Å². The molecule has 0 amide bonds. The molecule has 0 aliphatic rings. The number of rotatable bonds is 4. The fraction of sp³-hybridized carbons (Fsp3) is 0.200. The fourth-order valence-electron chi connectivity index (χ4n) is 1.24. The summed E-state index contributed by atoms with van der Waals surface area (Å²) < 4.78 is 2.65. The molecule has 0 bridgehead atoms. The smallest absolute Gasteiger partial charge is 0.250 e. The Labute approximate surface area is 101 Å². The molecule has 0 spiro atoms. The number of pyridine rings is 1. The highest BCUT2D eigenvalue weighted by atomic mass is 32.2. The summed E-state index contributed by atoms with van der Waals surface area (Å²) in [6.07, 6.45) is 3.45. The molecule has 2 aromatic rings. The molecule has 84 valence electrons. The molecule has 0 aliphatic heterocycles. The van der Waals surface area contributed by atoms with Gasteiger partial charge in [0.15, 0.2) is 0 Å². The van der Waals surface area contributed by atoms with Crippen LogP contribution in [0.2, 0.25) is 0 Å². The molecule has 0 saturated carbocycles. The van der Waals surface area contributed by atoms with Crippen molar-refractivity contribution in [3.8, 4) is 0 Å². The zero-order chi connectivity index (χ0) is 11.4. The van der Waals surface area contributed by atoms with Crippen LogP contribution in [0, 0.1) is 0 Å². The number of nitrogen functional groups attached to an aromatic ring is 1. The summed E-state index contributed by atoms with van der Waals surface area (Å²) in [5.41, 5.74) is 6.21. The van der Waals surface area contributed by atoms with E-state index in [4.69, 9.17) is 5.73 Å². The number of hydrogen-bond donors (Lipinski definition) is 1. The quantitative estimate of drug-likeness (QED) is 0.842. The van der Waals surface area contributed by atoms with Crippen LogP contribution in [0.25, 0.3) is 0 Å². The average Bonchev–Trinajstić information content (AvgIpc) is 2.76. The molecule has 0 fully saturated rings. The Balaban J connectivity index is 1.94. The second-order valence-electron chi connectivity index (χ2n) is 3.14. The van der Waals surface area contributed by atoms with E-state index in [2.05, 4.69) is 4.98 Å². The number of hydrogen-bond acceptors (Lipinski definition) is 5. The highest BCUT2D eigenvalue weighted by Crippen LogP contribution is 2.19. The summed E-state index contributed by atoms with van der Waals surface area (Å²) in [6, 6.07) is 3.11. The first-order chi connectivity index (χ1) is 7.75. The molecule has 2 N–H and O–H groups in total. The molecule has 2 heterocycles. The minimum absolute atomic E-state index is 0.0195. The van der Waals surface area contributed by atoms with Crippen molar-refractivity contribution in [3.63, 3.8) is 0 Å². The van der Waals surface area contributed by atoms with E-state index < -0.39 is 0 Å². The van der Waals surface area contributed by atoms with Gasteiger partial charge in [0.1, 0.15) is 4.34 Å². The zero-order valence-electron chi connectivity index (χ0n) is 8.50. The summed E-state index contributed by atoms with van der Waals surface area (Å²) >= 11 is 3.25. The maximum atomic E-state index is 11.4. The molecule has 0 atom stereocenters. The molecule has 4 nitrogen and oxygen atoms in total. The average molecular weight is 253 g/mol. The number of nitrogens with two attached hydrogens (primary N) is 1. The molecule has 0 unspecified atom stereocenters. The van der Waals surface area contributed by atoms with E-state index in [0.717, 1.165) is 10.1 Å². The van der Waals surface area contributed by atoms with Gasteiger partial charge in [0, 0.05) is 41.8 Å². The second kappa shape index (κ2) is 5.18. The summed E-state index contributed by atoms with van der Waals surface area (Å²) in [7, 11) is 0. The van der Waals surface area contributed by atoms with Crippen LogP contribution < -0.4 is 11.3 Å². The lowest BCUT2D eigenvalue weighted by Crippen LogP contribution is -2.19. The van der Waals surface area contributed by atoms with Crippen LogP contribution in [-0.4, -0.2) is 15.3 Å². The molecule has 6 heteroatoms. The molecule has 0 aliphatic carbocycles. The van der Waals surface area contributed by atoms with Crippen LogP contribution in [0.3, 0.4) is 0 Å². The molecule has 2 rings (SSSR count). The molecule has 2 aromatic heterocycles. The van der Waals surface area contributed by atoms with Crippen molar-refractivity contribution in [1.29, 1.82) is 0 Å². The van der Waals surface area contributed by atoms with E-state index in [1.165, 1.54) is 6.07 Å². The van der Waals surface area contributed by atoms with Crippen LogP contribution in [-0.2, 0) is 6.54 Å². The van der Waals surface area contributed by atoms with Crippen LogP contribution in [0.15, 0.2) is 39.0 Å². The van der Waals surface area contributed by atoms with E-state index >= 15 is 0 Å². The van der Waals surface area contributed by atoms with E-state index in [0.29, 0.717) is 12.2 Å². The van der Waals surface area contributed by atoms with Gasteiger partial charge in [-0.2, -0.15) is 0 Å². The predicted octanol–water partition coefficient (Wildman–Crippen LogP) is 1.68. The van der Waals surface area contributed by atoms with Crippen molar-refractivity contribution in [2.24, 2.45) is 0 Å². The SMILES string of the molecule is Nc1ccc(=O)n(CCSc2nccs2)c1. The normalized spacial score (nSPS) is 10.5. The molecular weight excluding hydrogens is 242 g/mol. The van der Waals surface area contributed by atoms with Gasteiger partial charge < -0.3 is 10.3 Å². The molecule has 0 saturated heterocycles. The second-order valence-corrected chi connectivity index (χ2v) is 5.38. The number of anilines is 1. The first kappa shape index (κ1) is 11.2. The first-order valence-electron chi connectivity index (χ1n) is 4.74. The topological polar surface area (TPSA) is 60.9 Å². The summed E-state index contributed by atoms with van der Waals surface area (Å²) in [5.74, 6) is 0.816. The Hall–Kier alpha value is -1.27.